The van der Waals surface area contributed by atoms with Gasteiger partial charge in [0.05, 0.1) is 11.6 Å². The van der Waals surface area contributed by atoms with Gasteiger partial charge in [-0.1, -0.05) is 0 Å². The summed E-state index contributed by atoms with van der Waals surface area (Å²) in [4.78, 5) is 3.41. The van der Waals surface area contributed by atoms with Crippen LogP contribution >= 0.6 is 0 Å². The summed E-state index contributed by atoms with van der Waals surface area (Å²) in [5.74, 6) is 0.347. The Bertz CT molecular complexity index is 874. The minimum Gasteiger partial charge on any atom is -0.507 e. The van der Waals surface area contributed by atoms with Gasteiger partial charge < -0.3 is 10.1 Å². The third kappa shape index (κ3) is 2.05. The average molecular weight is 276 g/mol. The number of fused-ring (bicyclic) bond motifs is 1. The largest absolute Gasteiger partial charge is 0.507 e. The maximum atomic E-state index is 9.91. The number of nitrogens with zero attached hydrogens (tertiary/aromatic N) is 1. The van der Waals surface area contributed by atoms with E-state index < -0.39 is 0 Å². The van der Waals surface area contributed by atoms with Crippen molar-refractivity contribution in [1.82, 2.24) is 4.98 Å². The fraction of sp³-hybridized carbons (Fsp3) is 0.167. The SMILES string of the molecule is Cc1cc(-c2[nH]c3ccc(C#N)cc3c2C)cc(C)c1O. The molecule has 0 bridgehead atoms. The highest BCUT2D eigenvalue weighted by atomic mass is 16.3. The van der Waals surface area contributed by atoms with Crippen LogP contribution in [0.25, 0.3) is 22.2 Å². The van der Waals surface area contributed by atoms with Crippen molar-refractivity contribution in [2.45, 2.75) is 20.8 Å². The summed E-state index contributed by atoms with van der Waals surface area (Å²) in [5.41, 5.74) is 6.61. The molecule has 104 valence electrons. The van der Waals surface area contributed by atoms with Gasteiger partial charge in [-0.05, 0) is 73.4 Å². The number of phenols is 1. The highest BCUT2D eigenvalue weighted by Gasteiger charge is 2.12. The first-order chi connectivity index (χ1) is 10.0. The van der Waals surface area contributed by atoms with E-state index in [0.717, 1.165) is 38.9 Å². The van der Waals surface area contributed by atoms with Crippen LogP contribution < -0.4 is 0 Å². The molecular weight excluding hydrogens is 260 g/mol. The molecule has 3 aromatic rings. The van der Waals surface area contributed by atoms with Gasteiger partial charge in [-0.25, -0.2) is 0 Å². The predicted octanol–water partition coefficient (Wildman–Crippen LogP) is 4.34. The molecule has 0 fully saturated rings. The van der Waals surface area contributed by atoms with E-state index >= 15 is 0 Å². The summed E-state index contributed by atoms with van der Waals surface area (Å²) < 4.78 is 0. The van der Waals surface area contributed by atoms with Gasteiger partial charge in [0, 0.05) is 16.6 Å². The van der Waals surface area contributed by atoms with Crippen molar-refractivity contribution in [3.05, 3.63) is 52.6 Å². The van der Waals surface area contributed by atoms with E-state index in [-0.39, 0.29) is 0 Å². The molecule has 0 spiro atoms. The minimum absolute atomic E-state index is 0.347. The minimum atomic E-state index is 0.347. The fourth-order valence-electron chi connectivity index (χ4n) is 2.79. The number of H-pyrrole nitrogens is 1. The molecular formula is C18H16N2O. The van der Waals surface area contributed by atoms with Crippen molar-refractivity contribution in [3.8, 4) is 23.1 Å². The molecule has 0 saturated heterocycles. The van der Waals surface area contributed by atoms with Gasteiger partial charge in [0.25, 0.3) is 0 Å². The molecule has 3 nitrogen and oxygen atoms in total. The molecule has 0 amide bonds. The molecule has 0 atom stereocenters. The van der Waals surface area contributed by atoms with Gasteiger partial charge in [-0.3, -0.25) is 0 Å². The highest BCUT2D eigenvalue weighted by Crippen LogP contribution is 2.33. The van der Waals surface area contributed by atoms with E-state index in [0.29, 0.717) is 11.3 Å². The number of aromatic amines is 1. The lowest BCUT2D eigenvalue weighted by Gasteiger charge is -2.07. The first-order valence-electron chi connectivity index (χ1n) is 6.84. The van der Waals surface area contributed by atoms with Crippen molar-refractivity contribution in [2.24, 2.45) is 0 Å². The maximum absolute atomic E-state index is 9.91. The number of benzene rings is 2. The number of phenolic OH excluding ortho intramolecular Hbond substituents is 1. The van der Waals surface area contributed by atoms with E-state index in [1.807, 2.05) is 51.1 Å². The van der Waals surface area contributed by atoms with Crippen molar-refractivity contribution in [2.75, 3.05) is 0 Å². The van der Waals surface area contributed by atoms with Crippen LogP contribution in [0.2, 0.25) is 0 Å². The van der Waals surface area contributed by atoms with Gasteiger partial charge in [0.2, 0.25) is 0 Å². The smallest absolute Gasteiger partial charge is 0.121 e. The van der Waals surface area contributed by atoms with Gasteiger partial charge in [-0.15, -0.1) is 0 Å². The van der Waals surface area contributed by atoms with Gasteiger partial charge in [-0.2, -0.15) is 5.26 Å². The maximum Gasteiger partial charge on any atom is 0.121 e. The molecule has 0 radical (unpaired) electrons. The molecule has 3 heteroatoms. The lowest BCUT2D eigenvalue weighted by atomic mass is 10.0. The third-order valence-electron chi connectivity index (χ3n) is 3.97. The topological polar surface area (TPSA) is 59.8 Å². The summed E-state index contributed by atoms with van der Waals surface area (Å²) in [5, 5.41) is 20.0. The zero-order valence-electron chi connectivity index (χ0n) is 12.3. The number of hydrogen-bond acceptors (Lipinski definition) is 2. The van der Waals surface area contributed by atoms with Crippen LogP contribution in [0, 0.1) is 32.1 Å². The van der Waals surface area contributed by atoms with E-state index in [9.17, 15) is 5.11 Å². The molecule has 2 aromatic carbocycles. The number of nitrogens with one attached hydrogen (secondary N) is 1. The Kier molecular flexibility index (Phi) is 2.95. The molecule has 0 aliphatic heterocycles. The number of rotatable bonds is 1. The number of hydrogen-bond donors (Lipinski definition) is 2. The number of aryl methyl sites for hydroxylation is 3. The predicted molar refractivity (Wildman–Crippen MR) is 84.3 cm³/mol. The molecule has 0 saturated carbocycles. The first-order valence-corrected chi connectivity index (χ1v) is 6.84. The molecule has 1 heterocycles. The summed E-state index contributed by atoms with van der Waals surface area (Å²) in [6.45, 7) is 5.85. The Balaban J connectivity index is 2.26. The van der Waals surface area contributed by atoms with Crippen LogP contribution in [0.5, 0.6) is 5.75 Å². The van der Waals surface area contributed by atoms with Gasteiger partial charge in [0.1, 0.15) is 5.75 Å². The summed E-state index contributed by atoms with van der Waals surface area (Å²) >= 11 is 0. The van der Waals surface area contributed by atoms with Crippen molar-refractivity contribution < 1.29 is 5.11 Å². The van der Waals surface area contributed by atoms with Crippen LogP contribution in [0.1, 0.15) is 22.3 Å². The Morgan fingerprint density at radius 2 is 1.71 bits per heavy atom. The number of aromatic nitrogens is 1. The molecule has 0 aliphatic carbocycles. The average Bonchev–Trinajstić information content (AvgIpc) is 2.81. The highest BCUT2D eigenvalue weighted by molar-refractivity contribution is 5.91. The molecule has 0 unspecified atom stereocenters. The Labute approximate surface area is 123 Å². The normalized spacial score (nSPS) is 10.8. The van der Waals surface area contributed by atoms with Crippen molar-refractivity contribution in [3.63, 3.8) is 0 Å². The van der Waals surface area contributed by atoms with E-state index in [1.165, 1.54) is 0 Å². The fourth-order valence-corrected chi connectivity index (χ4v) is 2.79. The summed E-state index contributed by atoms with van der Waals surface area (Å²) in [6, 6.07) is 11.8. The van der Waals surface area contributed by atoms with Crippen LogP contribution in [-0.4, -0.2) is 10.1 Å². The lowest BCUT2D eigenvalue weighted by molar-refractivity contribution is 0.467. The number of nitriles is 1. The summed E-state index contributed by atoms with van der Waals surface area (Å²) in [6.07, 6.45) is 0. The second-order valence-electron chi connectivity index (χ2n) is 5.46. The molecule has 3 rings (SSSR count). The second-order valence-corrected chi connectivity index (χ2v) is 5.46. The third-order valence-corrected chi connectivity index (χ3v) is 3.97. The van der Waals surface area contributed by atoms with Crippen LogP contribution in [0.4, 0.5) is 0 Å². The van der Waals surface area contributed by atoms with E-state index in [4.69, 9.17) is 5.26 Å². The zero-order chi connectivity index (χ0) is 15.1. The quantitative estimate of drug-likeness (QED) is 0.694. The van der Waals surface area contributed by atoms with E-state index in [1.54, 1.807) is 0 Å². The molecule has 21 heavy (non-hydrogen) atoms. The Morgan fingerprint density at radius 1 is 1.05 bits per heavy atom. The van der Waals surface area contributed by atoms with Crippen LogP contribution in [-0.2, 0) is 0 Å². The first kappa shape index (κ1) is 13.3. The Morgan fingerprint density at radius 3 is 2.33 bits per heavy atom. The monoisotopic (exact) mass is 276 g/mol. The zero-order valence-corrected chi connectivity index (χ0v) is 12.3. The lowest BCUT2D eigenvalue weighted by Crippen LogP contribution is -1.86. The van der Waals surface area contributed by atoms with Crippen LogP contribution in [0.3, 0.4) is 0 Å². The Hall–Kier alpha value is -2.73. The second kappa shape index (κ2) is 4.68. The van der Waals surface area contributed by atoms with Gasteiger partial charge in [0.15, 0.2) is 0 Å². The standard InChI is InChI=1S/C18H16N2O/c1-10-6-14(7-11(2)18(10)21)17-12(3)15-8-13(9-19)4-5-16(15)20-17/h4-8,20-21H,1-3H3. The molecule has 1 aromatic heterocycles. The van der Waals surface area contributed by atoms with Crippen molar-refractivity contribution in [1.29, 1.82) is 5.26 Å². The molecule has 0 aliphatic rings. The molecule has 2 N–H and O–H groups in total. The van der Waals surface area contributed by atoms with E-state index in [2.05, 4.69) is 11.1 Å². The van der Waals surface area contributed by atoms with Crippen molar-refractivity contribution >= 4 is 10.9 Å². The van der Waals surface area contributed by atoms with Crippen LogP contribution in [0.15, 0.2) is 30.3 Å². The van der Waals surface area contributed by atoms with Gasteiger partial charge >= 0.3 is 0 Å². The number of aromatic hydroxyl groups is 1. The summed E-state index contributed by atoms with van der Waals surface area (Å²) in [7, 11) is 0.